The number of hydrogen-bond acceptors (Lipinski definition) is 4. The number of H-pyrrole nitrogens is 1. The first-order valence-electron chi connectivity index (χ1n) is 7.33. The molecule has 1 amide bonds. The van der Waals surface area contributed by atoms with Gasteiger partial charge in [0.15, 0.2) is 0 Å². The fourth-order valence-corrected chi connectivity index (χ4v) is 2.70. The molecule has 7 nitrogen and oxygen atoms in total. The number of aromatic amines is 1. The molecule has 0 saturated heterocycles. The van der Waals surface area contributed by atoms with Crippen LogP contribution in [0.1, 0.15) is 30.2 Å². The van der Waals surface area contributed by atoms with E-state index < -0.39 is 0 Å². The van der Waals surface area contributed by atoms with Crippen LogP contribution in [0.25, 0.3) is 0 Å². The first-order chi connectivity index (χ1) is 10.3. The van der Waals surface area contributed by atoms with E-state index in [1.54, 1.807) is 12.5 Å². The van der Waals surface area contributed by atoms with Crippen LogP contribution in [0.2, 0.25) is 0 Å². The zero-order chi connectivity index (χ0) is 14.7. The van der Waals surface area contributed by atoms with Crippen molar-refractivity contribution in [2.24, 2.45) is 0 Å². The third-order valence-corrected chi connectivity index (χ3v) is 3.78. The minimum Gasteiger partial charge on any atom is -0.353 e. The van der Waals surface area contributed by atoms with Crippen LogP contribution in [0.5, 0.6) is 0 Å². The van der Waals surface area contributed by atoms with Crippen molar-refractivity contribution in [1.29, 1.82) is 0 Å². The van der Waals surface area contributed by atoms with Crippen molar-refractivity contribution in [1.82, 2.24) is 30.2 Å². The molecule has 0 aromatic carbocycles. The van der Waals surface area contributed by atoms with Crippen molar-refractivity contribution in [2.45, 2.75) is 32.4 Å². The lowest BCUT2D eigenvalue weighted by Gasteiger charge is -2.22. The predicted octanol–water partition coefficient (Wildman–Crippen LogP) is 0.172. The molecule has 112 valence electrons. The first-order valence-corrected chi connectivity index (χ1v) is 7.33. The van der Waals surface area contributed by atoms with Crippen LogP contribution < -0.4 is 10.6 Å². The number of aryl methyl sites for hydroxylation is 1. The normalized spacial score (nSPS) is 17.5. The highest BCUT2D eigenvalue weighted by molar-refractivity contribution is 5.83. The fourth-order valence-electron chi connectivity index (χ4n) is 2.70. The molecule has 3 heterocycles. The Hall–Kier alpha value is -2.15. The van der Waals surface area contributed by atoms with Gasteiger partial charge in [0.2, 0.25) is 5.91 Å². The monoisotopic (exact) mass is 288 g/mol. The molecule has 0 unspecified atom stereocenters. The van der Waals surface area contributed by atoms with E-state index in [4.69, 9.17) is 0 Å². The molecule has 1 aliphatic heterocycles. The maximum absolute atomic E-state index is 12.3. The molecule has 21 heavy (non-hydrogen) atoms. The van der Waals surface area contributed by atoms with Crippen LogP contribution in [0.3, 0.4) is 0 Å². The molecule has 2 aromatic heterocycles. The molecule has 0 bridgehead atoms. The Bertz CT molecular complexity index is 617. The lowest BCUT2D eigenvalue weighted by atomic mass is 10.1. The van der Waals surface area contributed by atoms with Gasteiger partial charge in [0.25, 0.3) is 0 Å². The van der Waals surface area contributed by atoms with E-state index >= 15 is 0 Å². The van der Waals surface area contributed by atoms with Gasteiger partial charge in [-0.3, -0.25) is 4.79 Å². The third kappa shape index (κ3) is 2.82. The molecule has 1 atom stereocenters. The van der Waals surface area contributed by atoms with Gasteiger partial charge in [0.1, 0.15) is 11.9 Å². The molecule has 0 spiro atoms. The van der Waals surface area contributed by atoms with Crippen molar-refractivity contribution in [3.8, 4) is 0 Å². The number of carbonyl (C=O) groups is 1. The van der Waals surface area contributed by atoms with Gasteiger partial charge in [-0.2, -0.15) is 0 Å². The van der Waals surface area contributed by atoms with Gasteiger partial charge in [0.05, 0.1) is 12.0 Å². The Labute approximate surface area is 123 Å². The standard InChI is InChI=1S/C14H20N6O/c1-2-11-15-5-7-20(11)8-6-17-14(21)13-12-10(3-4-16-13)18-9-19-12/h5,7,9,13,16H,2-4,6,8H2,1H3,(H,17,21)(H,18,19)/t13-/m0/s1. The Balaban J connectivity index is 1.56. The van der Waals surface area contributed by atoms with Crippen molar-refractivity contribution in [2.75, 3.05) is 13.1 Å². The Morgan fingerprint density at radius 1 is 1.52 bits per heavy atom. The van der Waals surface area contributed by atoms with E-state index in [0.29, 0.717) is 6.54 Å². The second kappa shape index (κ2) is 6.09. The van der Waals surface area contributed by atoms with Crippen molar-refractivity contribution < 1.29 is 4.79 Å². The minimum atomic E-state index is -0.353. The molecule has 1 aliphatic rings. The number of amides is 1. The lowest BCUT2D eigenvalue weighted by Crippen LogP contribution is -2.42. The van der Waals surface area contributed by atoms with Gasteiger partial charge >= 0.3 is 0 Å². The topological polar surface area (TPSA) is 87.6 Å². The largest absolute Gasteiger partial charge is 0.353 e. The first kappa shape index (κ1) is 13.8. The van der Waals surface area contributed by atoms with E-state index in [1.807, 2.05) is 6.20 Å². The highest BCUT2D eigenvalue weighted by atomic mass is 16.2. The summed E-state index contributed by atoms with van der Waals surface area (Å²) in [4.78, 5) is 23.9. The zero-order valence-electron chi connectivity index (χ0n) is 12.1. The average Bonchev–Trinajstić information content (AvgIpc) is 3.14. The summed E-state index contributed by atoms with van der Waals surface area (Å²) in [5, 5.41) is 6.18. The molecule has 7 heteroatoms. The molecule has 3 N–H and O–H groups in total. The number of nitrogens with one attached hydrogen (secondary N) is 3. The third-order valence-electron chi connectivity index (χ3n) is 3.78. The summed E-state index contributed by atoms with van der Waals surface area (Å²) >= 11 is 0. The summed E-state index contributed by atoms with van der Waals surface area (Å²) in [6.45, 7) is 4.17. The Morgan fingerprint density at radius 3 is 3.29 bits per heavy atom. The molecule has 0 fully saturated rings. The van der Waals surface area contributed by atoms with Crippen LogP contribution in [0.4, 0.5) is 0 Å². The number of rotatable bonds is 5. The number of hydrogen-bond donors (Lipinski definition) is 3. The highest BCUT2D eigenvalue weighted by Crippen LogP contribution is 2.18. The molecule has 0 saturated carbocycles. The molecular weight excluding hydrogens is 268 g/mol. The Kier molecular flexibility index (Phi) is 4.01. The SMILES string of the molecule is CCc1nccn1CCNC(=O)[C@H]1NCCc2[nH]cnc21. The van der Waals surface area contributed by atoms with E-state index in [0.717, 1.165) is 43.1 Å². The van der Waals surface area contributed by atoms with Crippen LogP contribution in [0.15, 0.2) is 18.7 Å². The number of carbonyl (C=O) groups excluding carboxylic acids is 1. The second-order valence-corrected chi connectivity index (χ2v) is 5.08. The number of imidazole rings is 2. The smallest absolute Gasteiger partial charge is 0.243 e. The second-order valence-electron chi connectivity index (χ2n) is 5.08. The molecule has 2 aromatic rings. The summed E-state index contributed by atoms with van der Waals surface area (Å²) in [6.07, 6.45) is 7.15. The van der Waals surface area contributed by atoms with E-state index in [2.05, 4.69) is 37.1 Å². The summed E-state index contributed by atoms with van der Waals surface area (Å²) in [5.74, 6) is 1.01. The van der Waals surface area contributed by atoms with E-state index in [-0.39, 0.29) is 11.9 Å². The summed E-state index contributed by atoms with van der Waals surface area (Å²) in [6, 6.07) is -0.353. The molecule has 0 aliphatic carbocycles. The maximum atomic E-state index is 12.3. The van der Waals surface area contributed by atoms with Crippen LogP contribution >= 0.6 is 0 Å². The van der Waals surface area contributed by atoms with Gasteiger partial charge in [-0.15, -0.1) is 0 Å². The van der Waals surface area contributed by atoms with Gasteiger partial charge in [-0.1, -0.05) is 6.92 Å². The minimum absolute atomic E-state index is 0.0267. The van der Waals surface area contributed by atoms with Crippen molar-refractivity contribution in [3.05, 3.63) is 35.9 Å². The summed E-state index contributed by atoms with van der Waals surface area (Å²) in [5.41, 5.74) is 1.87. The van der Waals surface area contributed by atoms with Crippen molar-refractivity contribution >= 4 is 5.91 Å². The Morgan fingerprint density at radius 2 is 2.43 bits per heavy atom. The maximum Gasteiger partial charge on any atom is 0.243 e. The lowest BCUT2D eigenvalue weighted by molar-refractivity contribution is -0.123. The predicted molar refractivity (Wildman–Crippen MR) is 77.7 cm³/mol. The zero-order valence-corrected chi connectivity index (χ0v) is 12.1. The van der Waals surface area contributed by atoms with Gasteiger partial charge in [-0.25, -0.2) is 9.97 Å². The van der Waals surface area contributed by atoms with Crippen LogP contribution in [-0.4, -0.2) is 38.5 Å². The van der Waals surface area contributed by atoms with Gasteiger partial charge in [0, 0.05) is 50.6 Å². The summed E-state index contributed by atoms with van der Waals surface area (Å²) < 4.78 is 2.06. The van der Waals surface area contributed by atoms with E-state index in [9.17, 15) is 4.79 Å². The number of aromatic nitrogens is 4. The van der Waals surface area contributed by atoms with Crippen LogP contribution in [0, 0.1) is 0 Å². The molecule has 3 rings (SSSR count). The van der Waals surface area contributed by atoms with Crippen LogP contribution in [-0.2, 0) is 24.2 Å². The fraction of sp³-hybridized carbons (Fsp3) is 0.500. The average molecular weight is 288 g/mol. The molecular formula is C14H20N6O. The summed E-state index contributed by atoms with van der Waals surface area (Å²) in [7, 11) is 0. The van der Waals surface area contributed by atoms with E-state index in [1.165, 1.54) is 0 Å². The number of nitrogens with zero attached hydrogens (tertiary/aromatic N) is 3. The van der Waals surface area contributed by atoms with Gasteiger partial charge < -0.3 is 20.2 Å². The quantitative estimate of drug-likeness (QED) is 0.732. The van der Waals surface area contributed by atoms with Gasteiger partial charge in [-0.05, 0) is 0 Å². The van der Waals surface area contributed by atoms with Crippen molar-refractivity contribution in [3.63, 3.8) is 0 Å². The highest BCUT2D eigenvalue weighted by Gasteiger charge is 2.27. The molecule has 0 radical (unpaired) electrons. The number of fused-ring (bicyclic) bond motifs is 1.